The molecule has 174 valence electrons. The number of rotatable bonds is 6. The van der Waals surface area contributed by atoms with E-state index >= 15 is 4.39 Å². The van der Waals surface area contributed by atoms with E-state index in [-0.39, 0.29) is 29.5 Å². The summed E-state index contributed by atoms with van der Waals surface area (Å²) in [5.41, 5.74) is 0.0481. The highest BCUT2D eigenvalue weighted by Crippen LogP contribution is 2.38. The first-order chi connectivity index (χ1) is 15.7. The maximum Gasteiger partial charge on any atom is 0.495 e. The van der Waals surface area contributed by atoms with Gasteiger partial charge in [0, 0.05) is 17.1 Å². The number of amides is 1. The second kappa shape index (κ2) is 8.42. The number of carbonyl (C=O) groups excluding carboxylic acids is 1. The van der Waals surface area contributed by atoms with Crippen LogP contribution in [-0.4, -0.2) is 56.4 Å². The summed E-state index contributed by atoms with van der Waals surface area (Å²) in [5.74, 6) is -0.511. The van der Waals surface area contributed by atoms with Crippen molar-refractivity contribution in [1.29, 1.82) is 0 Å². The number of ether oxygens (including phenoxy) is 1. The van der Waals surface area contributed by atoms with E-state index in [9.17, 15) is 4.79 Å². The van der Waals surface area contributed by atoms with Crippen LogP contribution in [0.2, 0.25) is 0 Å². The monoisotopic (exact) mass is 460 g/mol. The molecule has 0 saturated carbocycles. The Hall–Kier alpha value is -2.32. The van der Waals surface area contributed by atoms with E-state index in [4.69, 9.17) is 29.7 Å². The van der Waals surface area contributed by atoms with Gasteiger partial charge in [-0.15, -0.1) is 0 Å². The number of pyridine rings is 1. The first-order valence-corrected chi connectivity index (χ1v) is 11.4. The molecule has 2 aliphatic rings. The molecule has 3 heterocycles. The highest BCUT2D eigenvalue weighted by atomic mass is 19.1. The number of nitrogens with zero attached hydrogens (tertiary/aromatic N) is 2. The molecule has 1 aromatic heterocycles. The van der Waals surface area contributed by atoms with Gasteiger partial charge in [0.25, 0.3) is 5.91 Å². The topological polar surface area (TPSA) is 60.9 Å². The molecule has 2 aliphatic heterocycles. The van der Waals surface area contributed by atoms with E-state index < -0.39 is 35.4 Å². The number of hydrogen-bond donors (Lipinski definition) is 0. The van der Waals surface area contributed by atoms with Crippen LogP contribution in [0.4, 0.5) is 4.39 Å². The lowest BCUT2D eigenvalue weighted by Crippen LogP contribution is -2.45. The molecule has 0 aliphatic carbocycles. The van der Waals surface area contributed by atoms with E-state index in [0.29, 0.717) is 17.6 Å². The summed E-state index contributed by atoms with van der Waals surface area (Å²) < 4.78 is 33.8. The van der Waals surface area contributed by atoms with Gasteiger partial charge >= 0.3 is 7.12 Å². The first kappa shape index (κ1) is 24.8. The van der Waals surface area contributed by atoms with Crippen molar-refractivity contribution in [2.75, 3.05) is 6.61 Å². The third-order valence-electron chi connectivity index (χ3n) is 6.70. The Kier molecular flexibility index (Phi) is 6.14. The SMILES string of the molecule is [B]C1([B])c2ncccc2C(=O)N1Cc1c(F)cc(B2OC(C)(C)C(C)(C)O2)cc1OCC(C)C. The van der Waals surface area contributed by atoms with E-state index in [1.807, 2.05) is 41.5 Å². The molecule has 0 atom stereocenters. The summed E-state index contributed by atoms with van der Waals surface area (Å²) in [7, 11) is 11.8. The fourth-order valence-corrected chi connectivity index (χ4v) is 3.98. The van der Waals surface area contributed by atoms with Crippen molar-refractivity contribution in [3.8, 4) is 5.75 Å². The summed E-state index contributed by atoms with van der Waals surface area (Å²) >= 11 is 0. The molecule has 4 radical (unpaired) electrons. The zero-order valence-electron chi connectivity index (χ0n) is 20.5. The Morgan fingerprint density at radius 1 is 1.18 bits per heavy atom. The van der Waals surface area contributed by atoms with Crippen molar-refractivity contribution >= 4 is 34.2 Å². The number of hydrogen-bond acceptors (Lipinski definition) is 5. The van der Waals surface area contributed by atoms with Crippen LogP contribution in [0.5, 0.6) is 5.75 Å². The summed E-state index contributed by atoms with van der Waals surface area (Å²) in [6.07, 6.45) is 1.52. The average Bonchev–Trinajstić information content (AvgIpc) is 3.08. The zero-order chi connectivity index (χ0) is 25.1. The second-order valence-electron chi connectivity index (χ2n) is 10.4. The molecule has 1 saturated heterocycles. The lowest BCUT2D eigenvalue weighted by atomic mass is 9.59. The third-order valence-corrected chi connectivity index (χ3v) is 6.70. The van der Waals surface area contributed by atoms with Crippen molar-refractivity contribution in [2.45, 2.75) is 64.6 Å². The van der Waals surface area contributed by atoms with Crippen LogP contribution in [0.3, 0.4) is 0 Å². The van der Waals surface area contributed by atoms with Crippen LogP contribution in [0.25, 0.3) is 0 Å². The number of fused-ring (bicyclic) bond motifs is 1. The molecule has 1 amide bonds. The summed E-state index contributed by atoms with van der Waals surface area (Å²) in [5, 5.41) is -1.68. The van der Waals surface area contributed by atoms with Crippen molar-refractivity contribution in [3.63, 3.8) is 0 Å². The number of aromatic nitrogens is 1. The molecule has 10 heteroatoms. The third kappa shape index (κ3) is 4.15. The van der Waals surface area contributed by atoms with Gasteiger partial charge in [-0.3, -0.25) is 9.78 Å². The summed E-state index contributed by atoms with van der Waals surface area (Å²) in [4.78, 5) is 18.4. The van der Waals surface area contributed by atoms with E-state index in [0.717, 1.165) is 0 Å². The number of carbonyl (C=O) groups is 1. The van der Waals surface area contributed by atoms with Crippen LogP contribution in [0.1, 0.15) is 63.2 Å². The van der Waals surface area contributed by atoms with Crippen LogP contribution in [-0.2, 0) is 21.2 Å². The first-order valence-electron chi connectivity index (χ1n) is 11.4. The van der Waals surface area contributed by atoms with Gasteiger partial charge in [0.05, 0.1) is 51.3 Å². The molecule has 0 N–H and O–H groups in total. The molecule has 2 aromatic rings. The highest BCUT2D eigenvalue weighted by molar-refractivity contribution is 6.62. The normalized spacial score (nSPS) is 20.2. The van der Waals surface area contributed by atoms with Gasteiger partial charge in [0.2, 0.25) is 0 Å². The van der Waals surface area contributed by atoms with Crippen molar-refractivity contribution in [1.82, 2.24) is 9.88 Å². The minimum atomic E-state index is -1.68. The molecule has 0 unspecified atom stereocenters. The van der Waals surface area contributed by atoms with Crippen LogP contribution < -0.4 is 10.2 Å². The van der Waals surface area contributed by atoms with Gasteiger partial charge < -0.3 is 18.9 Å². The van der Waals surface area contributed by atoms with Gasteiger partial charge in [-0.25, -0.2) is 4.39 Å². The maximum absolute atomic E-state index is 15.6. The summed E-state index contributed by atoms with van der Waals surface area (Å²) in [6.45, 7) is 11.9. The smallest absolute Gasteiger partial charge is 0.493 e. The molecule has 6 nitrogen and oxygen atoms in total. The fraction of sp³-hybridized carbons (Fsp3) is 0.500. The standard InChI is InChI=1S/C24H28B3FN2O4/c1-14(2)13-32-19-11-15(27-33-22(3,4)23(5,6)34-27)10-18(28)17(19)12-30-21(31)16-8-7-9-29-20(16)24(30,25)26/h7-11,14H,12-13H2,1-6H3. The Morgan fingerprint density at radius 2 is 1.82 bits per heavy atom. The van der Waals surface area contributed by atoms with E-state index in [1.165, 1.54) is 17.2 Å². The Balaban J connectivity index is 1.71. The molecule has 0 spiro atoms. The maximum atomic E-state index is 15.6. The Labute approximate surface area is 203 Å². The number of benzene rings is 1. The predicted octanol–water partition coefficient (Wildman–Crippen LogP) is 2.66. The van der Waals surface area contributed by atoms with Crippen molar-refractivity contribution < 1.29 is 23.2 Å². The lowest BCUT2D eigenvalue weighted by Gasteiger charge is -2.33. The molecule has 0 bridgehead atoms. The molecule has 1 fully saturated rings. The van der Waals surface area contributed by atoms with Gasteiger partial charge in [-0.1, -0.05) is 13.8 Å². The van der Waals surface area contributed by atoms with Crippen LogP contribution >= 0.6 is 0 Å². The molecule has 34 heavy (non-hydrogen) atoms. The Bertz CT molecular complexity index is 1110. The van der Waals surface area contributed by atoms with Gasteiger partial charge in [-0.2, -0.15) is 0 Å². The molecule has 1 aromatic carbocycles. The fourth-order valence-electron chi connectivity index (χ4n) is 3.98. The van der Waals surface area contributed by atoms with Gasteiger partial charge in [-0.05, 0) is 63.3 Å². The zero-order valence-corrected chi connectivity index (χ0v) is 20.5. The van der Waals surface area contributed by atoms with Gasteiger partial charge in [0.1, 0.15) is 11.6 Å². The number of halogens is 1. The van der Waals surface area contributed by atoms with E-state index in [2.05, 4.69) is 4.98 Å². The van der Waals surface area contributed by atoms with E-state index in [1.54, 1.807) is 18.2 Å². The quantitative estimate of drug-likeness (QED) is 0.621. The molecular weight excluding hydrogens is 432 g/mol. The largest absolute Gasteiger partial charge is 0.495 e. The van der Waals surface area contributed by atoms with Crippen molar-refractivity contribution in [3.05, 3.63) is 53.1 Å². The highest BCUT2D eigenvalue weighted by Gasteiger charge is 2.52. The van der Waals surface area contributed by atoms with Crippen molar-refractivity contribution in [2.24, 2.45) is 5.92 Å². The van der Waals surface area contributed by atoms with Crippen LogP contribution in [0.15, 0.2) is 30.5 Å². The molecule has 4 rings (SSSR count). The van der Waals surface area contributed by atoms with Gasteiger partial charge in [0.15, 0.2) is 0 Å². The summed E-state index contributed by atoms with van der Waals surface area (Å²) in [6, 6.07) is 6.28. The minimum absolute atomic E-state index is 0.169. The molecular formula is C24H28B3FN2O4. The minimum Gasteiger partial charge on any atom is -0.493 e. The average molecular weight is 460 g/mol. The predicted molar refractivity (Wildman–Crippen MR) is 130 cm³/mol. The van der Waals surface area contributed by atoms with Crippen LogP contribution in [0, 0.1) is 11.7 Å². The lowest BCUT2D eigenvalue weighted by molar-refractivity contribution is 0.00578. The second-order valence-corrected chi connectivity index (χ2v) is 10.4. The Morgan fingerprint density at radius 3 is 2.41 bits per heavy atom.